The molecule has 3 amide bonds. The molecule has 4 fully saturated rings. The summed E-state index contributed by atoms with van der Waals surface area (Å²) in [7, 11) is 0. The summed E-state index contributed by atoms with van der Waals surface area (Å²) in [5.74, 6) is 0.325. The van der Waals surface area contributed by atoms with Crippen molar-refractivity contribution in [3.05, 3.63) is 60.7 Å². The smallest absolute Gasteiger partial charge is 0.316 e. The summed E-state index contributed by atoms with van der Waals surface area (Å²) in [6.45, 7) is 2.55. The van der Waals surface area contributed by atoms with Crippen molar-refractivity contribution < 1.29 is 28.7 Å². The molecule has 8 heteroatoms. The molecule has 38 heavy (non-hydrogen) atoms. The molecule has 7 atom stereocenters. The molecule has 0 radical (unpaired) electrons. The van der Waals surface area contributed by atoms with Gasteiger partial charge in [-0.15, -0.1) is 0 Å². The maximum absolute atomic E-state index is 13.3. The summed E-state index contributed by atoms with van der Waals surface area (Å²) < 4.78 is 11.2. The number of allylic oxidation sites excluding steroid dienone is 2. The zero-order valence-electron chi connectivity index (χ0n) is 21.0. The second kappa shape index (κ2) is 8.55. The SMILES string of the molecule is CCOc1ccccc1N1C[C@H](C(=O)Oc2ccc(N3C(=O)[C@@H]4[C@H]5C=C[C@@H]([C@@H]6C[C@H]56)[C@H]4C3=O)cc2)CC1=O. The number of para-hydroxylation sites is 2. The number of carbonyl (C=O) groups is 4. The highest BCUT2D eigenvalue weighted by molar-refractivity contribution is 6.22. The number of esters is 1. The molecule has 194 valence electrons. The maximum Gasteiger partial charge on any atom is 0.316 e. The van der Waals surface area contributed by atoms with Gasteiger partial charge in [0.1, 0.15) is 11.5 Å². The van der Waals surface area contributed by atoms with E-state index in [2.05, 4.69) is 12.2 Å². The lowest BCUT2D eigenvalue weighted by Gasteiger charge is -2.37. The van der Waals surface area contributed by atoms with Crippen LogP contribution in [-0.2, 0) is 19.2 Å². The van der Waals surface area contributed by atoms with E-state index in [0.29, 0.717) is 41.3 Å². The van der Waals surface area contributed by atoms with Crippen LogP contribution in [0, 0.1) is 41.4 Å². The zero-order chi connectivity index (χ0) is 26.1. The number of hydrogen-bond acceptors (Lipinski definition) is 6. The molecular formula is C30H28N2O6. The highest BCUT2D eigenvalue weighted by atomic mass is 16.5. The number of ether oxygens (including phenoxy) is 2. The van der Waals surface area contributed by atoms with Gasteiger partial charge in [0.05, 0.1) is 35.7 Å². The van der Waals surface area contributed by atoms with E-state index in [1.165, 1.54) is 4.90 Å². The molecule has 0 N–H and O–H groups in total. The molecule has 4 aliphatic carbocycles. The van der Waals surface area contributed by atoms with Crippen molar-refractivity contribution in [1.82, 2.24) is 0 Å². The monoisotopic (exact) mass is 512 g/mol. The van der Waals surface area contributed by atoms with Gasteiger partial charge in [-0.1, -0.05) is 24.3 Å². The zero-order valence-corrected chi connectivity index (χ0v) is 21.0. The number of nitrogens with zero attached hydrogens (tertiary/aromatic N) is 2. The molecule has 0 aromatic heterocycles. The first-order chi connectivity index (χ1) is 18.5. The number of benzene rings is 2. The molecule has 2 bridgehead atoms. The Kier molecular flexibility index (Phi) is 5.22. The molecule has 2 aliphatic heterocycles. The van der Waals surface area contributed by atoms with Gasteiger partial charge in [-0.25, -0.2) is 0 Å². The van der Waals surface area contributed by atoms with Crippen LogP contribution in [-0.4, -0.2) is 36.8 Å². The van der Waals surface area contributed by atoms with Crippen LogP contribution in [0.4, 0.5) is 11.4 Å². The van der Waals surface area contributed by atoms with Crippen LogP contribution in [0.3, 0.4) is 0 Å². The Morgan fingerprint density at radius 2 is 1.58 bits per heavy atom. The Bertz CT molecular complexity index is 1350. The topological polar surface area (TPSA) is 93.2 Å². The number of carbonyl (C=O) groups excluding carboxylic acids is 4. The Labute approximate surface area is 220 Å². The van der Waals surface area contributed by atoms with Gasteiger partial charge in [0, 0.05) is 13.0 Å². The first kappa shape index (κ1) is 23.2. The fourth-order valence-electron chi connectivity index (χ4n) is 7.13. The highest BCUT2D eigenvalue weighted by Gasteiger charge is 2.67. The average Bonchev–Trinajstić information content (AvgIpc) is 3.60. The third-order valence-corrected chi connectivity index (χ3v) is 8.89. The fourth-order valence-corrected chi connectivity index (χ4v) is 7.13. The van der Waals surface area contributed by atoms with Crippen LogP contribution in [0.2, 0.25) is 0 Å². The summed E-state index contributed by atoms with van der Waals surface area (Å²) in [6, 6.07) is 13.8. The fraction of sp³-hybridized carbons (Fsp3) is 0.400. The van der Waals surface area contributed by atoms with Gasteiger partial charge in [0.15, 0.2) is 0 Å². The summed E-state index contributed by atoms with van der Waals surface area (Å²) >= 11 is 0. The normalized spacial score (nSPS) is 32.4. The van der Waals surface area contributed by atoms with Crippen LogP contribution in [0.15, 0.2) is 60.7 Å². The van der Waals surface area contributed by atoms with E-state index in [0.717, 1.165) is 6.42 Å². The van der Waals surface area contributed by atoms with Crippen molar-refractivity contribution in [1.29, 1.82) is 0 Å². The lowest BCUT2D eigenvalue weighted by atomic mass is 9.63. The molecule has 6 aliphatic rings. The molecule has 8 rings (SSSR count). The largest absolute Gasteiger partial charge is 0.492 e. The van der Waals surface area contributed by atoms with Gasteiger partial charge in [0.2, 0.25) is 17.7 Å². The summed E-state index contributed by atoms with van der Waals surface area (Å²) in [5, 5.41) is 0. The first-order valence-corrected chi connectivity index (χ1v) is 13.4. The number of hydrogen-bond donors (Lipinski definition) is 0. The lowest BCUT2D eigenvalue weighted by molar-refractivity contribution is -0.139. The van der Waals surface area contributed by atoms with Gasteiger partial charge >= 0.3 is 5.97 Å². The quantitative estimate of drug-likeness (QED) is 0.254. The second-order valence-corrected chi connectivity index (χ2v) is 10.9. The highest BCUT2D eigenvalue weighted by Crippen LogP contribution is 2.65. The van der Waals surface area contributed by atoms with E-state index in [4.69, 9.17) is 9.47 Å². The predicted molar refractivity (Wildman–Crippen MR) is 137 cm³/mol. The van der Waals surface area contributed by atoms with Gasteiger partial charge in [0.25, 0.3) is 0 Å². The third-order valence-electron chi connectivity index (χ3n) is 8.89. The average molecular weight is 513 g/mol. The van der Waals surface area contributed by atoms with Crippen LogP contribution in [0.5, 0.6) is 11.5 Å². The van der Waals surface area contributed by atoms with Gasteiger partial charge in [-0.05, 0) is 73.4 Å². The molecule has 0 spiro atoms. The van der Waals surface area contributed by atoms with Gasteiger partial charge < -0.3 is 14.4 Å². The van der Waals surface area contributed by atoms with Crippen LogP contribution >= 0.6 is 0 Å². The van der Waals surface area contributed by atoms with E-state index < -0.39 is 11.9 Å². The standard InChI is InChI=1S/C30H28N2O6/c1-2-37-24-6-4-3-5-23(24)31-15-16(13-25(31)33)30(36)38-18-9-7-17(8-10-18)32-28(34)26-19-11-12-20(22-14-21(19)22)27(26)29(32)35/h3-12,16,19-22,26-27H,2,13-15H2,1H3/t16-,19+,20+,21-,22+,26-,27-/m1/s1. The molecule has 0 unspecified atom stereocenters. The van der Waals surface area contributed by atoms with Crippen molar-refractivity contribution in [2.75, 3.05) is 23.0 Å². The molecule has 2 heterocycles. The van der Waals surface area contributed by atoms with Crippen molar-refractivity contribution in [2.24, 2.45) is 41.4 Å². The minimum absolute atomic E-state index is 0.0509. The third kappa shape index (κ3) is 3.42. The van der Waals surface area contributed by atoms with Gasteiger partial charge in [-0.2, -0.15) is 0 Å². The summed E-state index contributed by atoms with van der Waals surface area (Å²) in [5.41, 5.74) is 1.14. The Balaban J connectivity index is 1.03. The number of imide groups is 1. The van der Waals surface area contributed by atoms with E-state index >= 15 is 0 Å². The first-order valence-electron chi connectivity index (χ1n) is 13.4. The van der Waals surface area contributed by atoms with Crippen LogP contribution in [0.25, 0.3) is 0 Å². The van der Waals surface area contributed by atoms with Crippen molar-refractivity contribution >= 4 is 35.1 Å². The molecule has 8 nitrogen and oxygen atoms in total. The molecule has 2 aromatic rings. The Hall–Kier alpha value is -3.94. The van der Waals surface area contributed by atoms with Crippen molar-refractivity contribution in [3.63, 3.8) is 0 Å². The number of rotatable bonds is 6. The van der Waals surface area contributed by atoms with Crippen LogP contribution in [0.1, 0.15) is 19.8 Å². The van der Waals surface area contributed by atoms with Crippen LogP contribution < -0.4 is 19.3 Å². The Morgan fingerprint density at radius 1 is 0.921 bits per heavy atom. The van der Waals surface area contributed by atoms with Crippen molar-refractivity contribution in [3.8, 4) is 11.5 Å². The molecule has 2 aromatic carbocycles. The van der Waals surface area contributed by atoms with E-state index in [9.17, 15) is 19.2 Å². The number of amides is 3. The maximum atomic E-state index is 13.3. The van der Waals surface area contributed by atoms with Gasteiger partial charge in [-0.3, -0.25) is 24.1 Å². The molecule has 2 saturated heterocycles. The lowest BCUT2D eigenvalue weighted by Crippen LogP contribution is -2.40. The minimum Gasteiger partial charge on any atom is -0.492 e. The predicted octanol–water partition coefficient (Wildman–Crippen LogP) is 3.60. The molecule has 2 saturated carbocycles. The Morgan fingerprint density at radius 3 is 2.24 bits per heavy atom. The van der Waals surface area contributed by atoms with Crippen molar-refractivity contribution in [2.45, 2.75) is 19.8 Å². The number of anilines is 2. The second-order valence-electron chi connectivity index (χ2n) is 10.9. The van der Waals surface area contributed by atoms with E-state index in [-0.39, 0.29) is 54.4 Å². The minimum atomic E-state index is -0.615. The summed E-state index contributed by atoms with van der Waals surface area (Å²) in [4.78, 5) is 55.2. The molecular weight excluding hydrogens is 484 g/mol. The van der Waals surface area contributed by atoms with E-state index in [1.54, 1.807) is 41.3 Å². The summed E-state index contributed by atoms with van der Waals surface area (Å²) in [6.07, 6.45) is 5.48. The van der Waals surface area contributed by atoms with E-state index in [1.807, 2.05) is 19.1 Å².